The molecule has 1 aliphatic carbocycles. The Morgan fingerprint density at radius 1 is 1.00 bits per heavy atom. The molecule has 1 unspecified atom stereocenters. The van der Waals surface area contributed by atoms with Gasteiger partial charge in [-0.2, -0.15) is 0 Å². The second kappa shape index (κ2) is 10.5. The summed E-state index contributed by atoms with van der Waals surface area (Å²) < 4.78 is 5.33. The summed E-state index contributed by atoms with van der Waals surface area (Å²) in [6, 6.07) is 12.5. The van der Waals surface area contributed by atoms with Gasteiger partial charge in [-0.05, 0) is 65.3 Å². The van der Waals surface area contributed by atoms with Crippen LogP contribution in [-0.4, -0.2) is 5.97 Å². The van der Waals surface area contributed by atoms with Crippen LogP contribution in [0.25, 0.3) is 16.3 Å². The lowest BCUT2D eigenvalue weighted by Crippen LogP contribution is -2.06. The van der Waals surface area contributed by atoms with Gasteiger partial charge >= 0.3 is 5.97 Å². The number of ether oxygens (including phenoxy) is 1. The maximum Gasteiger partial charge on any atom is 0.310 e. The first-order valence-electron chi connectivity index (χ1n) is 11.1. The number of allylic oxidation sites excluding steroid dienone is 2. The maximum atomic E-state index is 11.5. The second-order valence-electron chi connectivity index (χ2n) is 8.12. The lowest BCUT2D eigenvalue weighted by molar-refractivity contribution is -0.134. The van der Waals surface area contributed by atoms with E-state index in [0.717, 1.165) is 11.3 Å². The fourth-order valence-corrected chi connectivity index (χ4v) is 4.14. The van der Waals surface area contributed by atoms with E-state index in [-0.39, 0.29) is 5.97 Å². The van der Waals surface area contributed by atoms with Crippen LogP contribution in [0.3, 0.4) is 0 Å². The molecule has 0 heterocycles. The lowest BCUT2D eigenvalue weighted by atomic mass is 9.83. The van der Waals surface area contributed by atoms with E-state index in [1.165, 1.54) is 74.3 Å². The molecule has 28 heavy (non-hydrogen) atoms. The smallest absolute Gasteiger partial charge is 0.310 e. The van der Waals surface area contributed by atoms with E-state index in [4.69, 9.17) is 4.74 Å². The van der Waals surface area contributed by atoms with Crippen LogP contribution in [0.15, 0.2) is 42.5 Å². The number of hydrogen-bond donors (Lipinski definition) is 0. The predicted molar refractivity (Wildman–Crippen MR) is 119 cm³/mol. The molecule has 2 aromatic rings. The summed E-state index contributed by atoms with van der Waals surface area (Å²) in [4.78, 5) is 11.5. The van der Waals surface area contributed by atoms with Crippen molar-refractivity contribution in [3.63, 3.8) is 0 Å². The number of unbranched alkanes of at least 4 members (excludes halogenated alkanes) is 4. The van der Waals surface area contributed by atoms with Gasteiger partial charge in [0.05, 0.1) is 0 Å². The first-order valence-corrected chi connectivity index (χ1v) is 11.1. The van der Waals surface area contributed by atoms with Gasteiger partial charge in [0, 0.05) is 6.42 Å². The van der Waals surface area contributed by atoms with Crippen LogP contribution in [0.4, 0.5) is 0 Å². The zero-order valence-electron chi connectivity index (χ0n) is 17.5. The number of benzene rings is 2. The zero-order chi connectivity index (χ0) is 19.8. The molecule has 0 fully saturated rings. The van der Waals surface area contributed by atoms with Gasteiger partial charge in [-0.3, -0.25) is 4.79 Å². The van der Waals surface area contributed by atoms with E-state index < -0.39 is 0 Å². The Morgan fingerprint density at radius 3 is 2.54 bits per heavy atom. The Morgan fingerprint density at radius 2 is 1.79 bits per heavy atom. The van der Waals surface area contributed by atoms with Crippen molar-refractivity contribution < 1.29 is 9.53 Å². The Balaban J connectivity index is 1.59. The Bertz CT molecular complexity index is 818. The Hall–Kier alpha value is -2.09. The topological polar surface area (TPSA) is 26.3 Å². The molecule has 0 aromatic heterocycles. The van der Waals surface area contributed by atoms with E-state index >= 15 is 0 Å². The molecule has 2 heteroatoms. The molecule has 1 aliphatic rings. The summed E-state index contributed by atoms with van der Waals surface area (Å²) in [5.41, 5.74) is 2.83. The van der Waals surface area contributed by atoms with Gasteiger partial charge in [-0.1, -0.05) is 76.6 Å². The summed E-state index contributed by atoms with van der Waals surface area (Å²) >= 11 is 0. The second-order valence-corrected chi connectivity index (χ2v) is 8.12. The van der Waals surface area contributed by atoms with E-state index in [0.29, 0.717) is 12.2 Å². The molecule has 0 amide bonds. The number of fused-ring (bicyclic) bond motifs is 1. The average molecular weight is 379 g/mol. The maximum absolute atomic E-state index is 11.5. The Labute approximate surface area is 170 Å². The summed E-state index contributed by atoms with van der Waals surface area (Å²) in [5, 5.41) is 2.32. The van der Waals surface area contributed by atoms with Gasteiger partial charge in [0.2, 0.25) is 0 Å². The molecule has 0 saturated carbocycles. The molecule has 3 rings (SSSR count). The summed E-state index contributed by atoms with van der Waals surface area (Å²) in [6.07, 6.45) is 14.9. The van der Waals surface area contributed by atoms with E-state index in [1.807, 2.05) is 19.1 Å². The van der Waals surface area contributed by atoms with Crippen LogP contribution >= 0.6 is 0 Å². The largest absolute Gasteiger partial charge is 0.427 e. The highest BCUT2D eigenvalue weighted by Gasteiger charge is 2.15. The number of carbonyl (C=O) groups is 1. The molecule has 0 radical (unpaired) electrons. The van der Waals surface area contributed by atoms with Crippen molar-refractivity contribution in [2.24, 2.45) is 5.92 Å². The SMILES string of the molecule is CCCCCCCC1CC=C(c2ccc3cc(OC(=O)CC)ccc3c2)CC1. The van der Waals surface area contributed by atoms with E-state index in [2.05, 4.69) is 37.3 Å². The van der Waals surface area contributed by atoms with Crippen molar-refractivity contribution in [3.8, 4) is 5.75 Å². The van der Waals surface area contributed by atoms with Gasteiger partial charge in [0.25, 0.3) is 0 Å². The monoisotopic (exact) mass is 378 g/mol. The van der Waals surface area contributed by atoms with E-state index in [9.17, 15) is 4.79 Å². The van der Waals surface area contributed by atoms with Crippen molar-refractivity contribution in [1.29, 1.82) is 0 Å². The van der Waals surface area contributed by atoms with Crippen LogP contribution in [0.5, 0.6) is 5.75 Å². The van der Waals surface area contributed by atoms with Gasteiger partial charge in [-0.15, -0.1) is 0 Å². The number of esters is 1. The Kier molecular flexibility index (Phi) is 7.71. The third-order valence-corrected chi connectivity index (χ3v) is 5.94. The van der Waals surface area contributed by atoms with Crippen molar-refractivity contribution in [1.82, 2.24) is 0 Å². The molecule has 0 N–H and O–H groups in total. The van der Waals surface area contributed by atoms with Gasteiger partial charge in [0.15, 0.2) is 0 Å². The van der Waals surface area contributed by atoms with Crippen molar-refractivity contribution in [3.05, 3.63) is 48.0 Å². The summed E-state index contributed by atoms with van der Waals surface area (Å²) in [5.74, 6) is 1.32. The molecule has 150 valence electrons. The van der Waals surface area contributed by atoms with Crippen LogP contribution in [0, 0.1) is 5.92 Å². The van der Waals surface area contributed by atoms with Crippen LogP contribution in [-0.2, 0) is 4.79 Å². The van der Waals surface area contributed by atoms with Crippen molar-refractivity contribution in [2.45, 2.75) is 78.1 Å². The normalized spacial score (nSPS) is 16.8. The minimum atomic E-state index is -0.191. The first-order chi connectivity index (χ1) is 13.7. The standard InChI is InChI=1S/C26H34O2/c1-3-5-6-7-8-9-20-10-12-21(13-11-20)22-14-15-24-19-25(28-26(27)4-2)17-16-23(24)18-22/h12,14-20H,3-11,13H2,1-2H3. The molecule has 0 spiro atoms. The molecule has 2 nitrogen and oxygen atoms in total. The third kappa shape index (κ3) is 5.70. The zero-order valence-corrected chi connectivity index (χ0v) is 17.5. The number of hydrogen-bond acceptors (Lipinski definition) is 2. The minimum Gasteiger partial charge on any atom is -0.427 e. The fraction of sp³-hybridized carbons (Fsp3) is 0.500. The molecular formula is C26H34O2. The number of rotatable bonds is 9. The van der Waals surface area contributed by atoms with Gasteiger partial charge in [0.1, 0.15) is 5.75 Å². The van der Waals surface area contributed by atoms with Crippen molar-refractivity contribution >= 4 is 22.3 Å². The quantitative estimate of drug-likeness (QED) is 0.254. The third-order valence-electron chi connectivity index (χ3n) is 5.94. The molecular weight excluding hydrogens is 344 g/mol. The summed E-state index contributed by atoms with van der Waals surface area (Å²) in [7, 11) is 0. The van der Waals surface area contributed by atoms with Crippen LogP contribution in [0.1, 0.15) is 83.6 Å². The van der Waals surface area contributed by atoms with Crippen LogP contribution in [0.2, 0.25) is 0 Å². The summed E-state index contributed by atoms with van der Waals surface area (Å²) in [6.45, 7) is 4.09. The predicted octanol–water partition coefficient (Wildman–Crippen LogP) is 7.70. The van der Waals surface area contributed by atoms with E-state index in [1.54, 1.807) is 0 Å². The highest BCUT2D eigenvalue weighted by Crippen LogP contribution is 2.34. The molecule has 2 aromatic carbocycles. The average Bonchev–Trinajstić information content (AvgIpc) is 2.73. The van der Waals surface area contributed by atoms with Gasteiger partial charge in [-0.25, -0.2) is 0 Å². The molecule has 0 saturated heterocycles. The van der Waals surface area contributed by atoms with Crippen LogP contribution < -0.4 is 4.74 Å². The number of carbonyl (C=O) groups excluding carboxylic acids is 1. The van der Waals surface area contributed by atoms with Crippen molar-refractivity contribution in [2.75, 3.05) is 0 Å². The highest BCUT2D eigenvalue weighted by atomic mass is 16.5. The highest BCUT2D eigenvalue weighted by molar-refractivity contribution is 5.88. The minimum absolute atomic E-state index is 0.191. The molecule has 1 atom stereocenters. The van der Waals surface area contributed by atoms with Gasteiger partial charge < -0.3 is 4.74 Å². The molecule has 0 bridgehead atoms. The fourth-order valence-electron chi connectivity index (χ4n) is 4.14. The first kappa shape index (κ1) is 20.6. The molecule has 0 aliphatic heterocycles. The lowest BCUT2D eigenvalue weighted by Gasteiger charge is -2.22.